The van der Waals surface area contributed by atoms with Crippen LogP contribution in [0.5, 0.6) is 0 Å². The van der Waals surface area contributed by atoms with Gasteiger partial charge in [-0.3, -0.25) is 9.69 Å². The van der Waals surface area contributed by atoms with Gasteiger partial charge in [-0.2, -0.15) is 8.78 Å². The quantitative estimate of drug-likeness (QED) is 0.719. The number of benzene rings is 2. The first-order valence-electron chi connectivity index (χ1n) is 8.75. The molecule has 0 saturated carbocycles. The highest BCUT2D eigenvalue weighted by atomic mass is 32.2. The number of hydrogen-bond acceptors (Lipinski definition) is 3. The van der Waals surface area contributed by atoms with Crippen LogP contribution in [0.2, 0.25) is 0 Å². The molecule has 1 aliphatic rings. The smallest absolute Gasteiger partial charge is 0.288 e. The Labute approximate surface area is 156 Å². The molecule has 0 unspecified atom stereocenters. The highest BCUT2D eigenvalue weighted by molar-refractivity contribution is 7.99. The Bertz CT molecular complexity index is 704. The summed E-state index contributed by atoms with van der Waals surface area (Å²) in [7, 11) is 0. The van der Waals surface area contributed by atoms with Crippen molar-refractivity contribution >= 4 is 17.7 Å². The van der Waals surface area contributed by atoms with Crippen LogP contribution in [-0.4, -0.2) is 36.2 Å². The van der Waals surface area contributed by atoms with Gasteiger partial charge in [0.1, 0.15) is 0 Å². The summed E-state index contributed by atoms with van der Waals surface area (Å²) in [5.41, 5.74) is 1.68. The lowest BCUT2D eigenvalue weighted by Crippen LogP contribution is -2.36. The molecule has 0 aromatic heterocycles. The molecule has 1 atom stereocenters. The van der Waals surface area contributed by atoms with Gasteiger partial charge in [0.05, 0.1) is 6.04 Å². The lowest BCUT2D eigenvalue weighted by Gasteiger charge is -2.28. The second kappa shape index (κ2) is 9.14. The number of likely N-dealkylation sites (tertiary alicyclic amines) is 1. The van der Waals surface area contributed by atoms with Crippen molar-refractivity contribution in [2.24, 2.45) is 0 Å². The van der Waals surface area contributed by atoms with Crippen molar-refractivity contribution in [2.75, 3.05) is 19.6 Å². The van der Waals surface area contributed by atoms with E-state index in [9.17, 15) is 13.6 Å². The molecule has 1 amide bonds. The molecule has 0 bridgehead atoms. The third-order valence-electron chi connectivity index (χ3n) is 4.56. The Balaban J connectivity index is 1.63. The molecule has 0 spiro atoms. The summed E-state index contributed by atoms with van der Waals surface area (Å²) in [5, 5.41) is 3.00. The molecule has 3 nitrogen and oxygen atoms in total. The molecular formula is C20H22F2N2OS. The van der Waals surface area contributed by atoms with Crippen molar-refractivity contribution in [2.45, 2.75) is 29.5 Å². The largest absolute Gasteiger partial charge is 0.350 e. The molecule has 26 heavy (non-hydrogen) atoms. The molecule has 6 heteroatoms. The van der Waals surface area contributed by atoms with Crippen LogP contribution in [0.3, 0.4) is 0 Å². The number of amides is 1. The summed E-state index contributed by atoms with van der Waals surface area (Å²) < 4.78 is 24.8. The van der Waals surface area contributed by atoms with Gasteiger partial charge in [0.2, 0.25) is 0 Å². The van der Waals surface area contributed by atoms with Crippen LogP contribution < -0.4 is 5.32 Å². The van der Waals surface area contributed by atoms with Crippen LogP contribution in [-0.2, 0) is 0 Å². The van der Waals surface area contributed by atoms with Gasteiger partial charge >= 0.3 is 0 Å². The lowest BCUT2D eigenvalue weighted by atomic mass is 10.1. The summed E-state index contributed by atoms with van der Waals surface area (Å²) in [6, 6.07) is 16.6. The number of thioether (sulfide) groups is 1. The van der Waals surface area contributed by atoms with Crippen molar-refractivity contribution in [1.29, 1.82) is 0 Å². The third kappa shape index (κ3) is 5.05. The lowest BCUT2D eigenvalue weighted by molar-refractivity contribution is 0.0938. The second-order valence-electron chi connectivity index (χ2n) is 6.28. The molecule has 1 aliphatic heterocycles. The molecule has 1 fully saturated rings. The van der Waals surface area contributed by atoms with Gasteiger partial charge < -0.3 is 5.32 Å². The Morgan fingerprint density at radius 2 is 1.69 bits per heavy atom. The molecule has 2 aromatic carbocycles. The van der Waals surface area contributed by atoms with Crippen LogP contribution in [0.4, 0.5) is 8.78 Å². The van der Waals surface area contributed by atoms with Crippen LogP contribution in [0.25, 0.3) is 0 Å². The number of nitrogens with zero attached hydrogens (tertiary/aromatic N) is 1. The minimum Gasteiger partial charge on any atom is -0.350 e. The summed E-state index contributed by atoms with van der Waals surface area (Å²) in [6.45, 7) is 2.60. The van der Waals surface area contributed by atoms with E-state index >= 15 is 0 Å². The number of carbonyl (C=O) groups is 1. The summed E-state index contributed by atoms with van der Waals surface area (Å²) in [6.07, 6.45) is 2.36. The van der Waals surface area contributed by atoms with E-state index in [0.29, 0.717) is 28.8 Å². The van der Waals surface area contributed by atoms with Gasteiger partial charge in [0.15, 0.2) is 0 Å². The van der Waals surface area contributed by atoms with Crippen molar-refractivity contribution in [1.82, 2.24) is 10.2 Å². The zero-order chi connectivity index (χ0) is 18.4. The van der Waals surface area contributed by atoms with Gasteiger partial charge in [-0.1, -0.05) is 42.1 Å². The zero-order valence-corrected chi connectivity index (χ0v) is 15.2. The first kappa shape index (κ1) is 18.9. The number of carbonyl (C=O) groups excluding carboxylic acids is 1. The SMILES string of the molecule is O=C(NC[C@@H](c1ccccc1)N1CCCC1)c1ccc(SC(F)F)cc1. The Morgan fingerprint density at radius 1 is 1.04 bits per heavy atom. The van der Waals surface area contributed by atoms with Crippen molar-refractivity contribution in [3.63, 3.8) is 0 Å². The number of alkyl halides is 2. The normalized spacial score (nSPS) is 16.0. The van der Waals surface area contributed by atoms with Crippen molar-refractivity contribution in [3.05, 3.63) is 65.7 Å². The Morgan fingerprint density at radius 3 is 2.31 bits per heavy atom. The number of halogens is 2. The van der Waals surface area contributed by atoms with E-state index in [1.807, 2.05) is 18.2 Å². The first-order chi connectivity index (χ1) is 12.6. The predicted octanol–water partition coefficient (Wildman–Crippen LogP) is 4.57. The van der Waals surface area contributed by atoms with Crippen LogP contribution >= 0.6 is 11.8 Å². The van der Waals surface area contributed by atoms with Gasteiger partial charge in [-0.15, -0.1) is 0 Å². The molecule has 0 radical (unpaired) electrons. The molecule has 1 heterocycles. The summed E-state index contributed by atoms with van der Waals surface area (Å²) in [4.78, 5) is 15.3. The summed E-state index contributed by atoms with van der Waals surface area (Å²) >= 11 is 0.479. The standard InChI is InChI=1S/C20H22F2N2OS/c21-20(22)26-17-10-8-16(9-11-17)19(25)23-14-18(24-12-4-5-13-24)15-6-2-1-3-7-15/h1-3,6-11,18,20H,4-5,12-14H2,(H,23,25)/t18-/m0/s1. The fraction of sp³-hybridized carbons (Fsp3) is 0.350. The predicted molar refractivity (Wildman–Crippen MR) is 101 cm³/mol. The van der Waals surface area contributed by atoms with E-state index in [1.165, 1.54) is 18.4 Å². The highest BCUT2D eigenvalue weighted by Gasteiger charge is 2.24. The monoisotopic (exact) mass is 376 g/mol. The van der Waals surface area contributed by atoms with E-state index in [-0.39, 0.29) is 11.9 Å². The van der Waals surface area contributed by atoms with Crippen LogP contribution in [0.1, 0.15) is 34.8 Å². The number of nitrogens with one attached hydrogen (secondary N) is 1. The number of rotatable bonds is 7. The summed E-state index contributed by atoms with van der Waals surface area (Å²) in [5.74, 6) is -2.64. The first-order valence-corrected chi connectivity index (χ1v) is 9.63. The second-order valence-corrected chi connectivity index (χ2v) is 7.35. The Hall–Kier alpha value is -1.92. The van der Waals surface area contributed by atoms with Crippen LogP contribution in [0.15, 0.2) is 59.5 Å². The maximum atomic E-state index is 12.4. The van der Waals surface area contributed by atoms with E-state index in [0.717, 1.165) is 13.1 Å². The topological polar surface area (TPSA) is 32.3 Å². The molecule has 1 saturated heterocycles. The minimum atomic E-state index is -2.46. The van der Waals surface area contributed by atoms with Gasteiger partial charge in [-0.05, 0) is 55.8 Å². The zero-order valence-electron chi connectivity index (χ0n) is 14.4. The molecule has 138 valence electrons. The van der Waals surface area contributed by atoms with E-state index in [2.05, 4.69) is 22.3 Å². The highest BCUT2D eigenvalue weighted by Crippen LogP contribution is 2.26. The molecule has 1 N–H and O–H groups in total. The molecule has 0 aliphatic carbocycles. The fourth-order valence-electron chi connectivity index (χ4n) is 3.27. The third-order valence-corrected chi connectivity index (χ3v) is 5.29. The van der Waals surface area contributed by atoms with Crippen LogP contribution in [0, 0.1) is 0 Å². The average molecular weight is 376 g/mol. The fourth-order valence-corrected chi connectivity index (χ4v) is 3.76. The minimum absolute atomic E-state index is 0.149. The average Bonchev–Trinajstić information content (AvgIpc) is 3.17. The van der Waals surface area contributed by atoms with Gasteiger partial charge in [-0.25, -0.2) is 0 Å². The number of hydrogen-bond donors (Lipinski definition) is 1. The Kier molecular flexibility index (Phi) is 6.63. The van der Waals surface area contributed by atoms with E-state index < -0.39 is 5.76 Å². The maximum Gasteiger partial charge on any atom is 0.288 e. The van der Waals surface area contributed by atoms with Gasteiger partial charge in [0.25, 0.3) is 11.7 Å². The molecule has 3 rings (SSSR count). The molecule has 2 aromatic rings. The van der Waals surface area contributed by atoms with E-state index in [4.69, 9.17) is 0 Å². The molecular weight excluding hydrogens is 354 g/mol. The van der Waals surface area contributed by atoms with Crippen molar-refractivity contribution < 1.29 is 13.6 Å². The maximum absolute atomic E-state index is 12.4. The van der Waals surface area contributed by atoms with Gasteiger partial charge in [0, 0.05) is 17.0 Å². The van der Waals surface area contributed by atoms with E-state index in [1.54, 1.807) is 24.3 Å². The van der Waals surface area contributed by atoms with Crippen molar-refractivity contribution in [3.8, 4) is 0 Å².